The molecule has 1 saturated heterocycles. The first-order valence-corrected chi connectivity index (χ1v) is 13.9. The van der Waals surface area contributed by atoms with Gasteiger partial charge in [0.25, 0.3) is 0 Å². The second-order valence-corrected chi connectivity index (χ2v) is 11.2. The average Bonchev–Trinajstić information content (AvgIpc) is 2.83. The lowest BCUT2D eigenvalue weighted by Gasteiger charge is -2.31. The van der Waals surface area contributed by atoms with E-state index in [4.69, 9.17) is 19.9 Å². The van der Waals surface area contributed by atoms with Crippen molar-refractivity contribution in [1.82, 2.24) is 10.6 Å². The van der Waals surface area contributed by atoms with E-state index in [1.54, 1.807) is 14.2 Å². The summed E-state index contributed by atoms with van der Waals surface area (Å²) in [5.74, 6) is 2.49. The molecule has 8 nitrogen and oxygen atoms in total. The lowest BCUT2D eigenvalue weighted by atomic mass is 9.80. The Bertz CT molecular complexity index is 800. The Morgan fingerprint density at radius 1 is 1.11 bits per heavy atom. The van der Waals surface area contributed by atoms with Crippen LogP contribution in [-0.4, -0.2) is 70.2 Å². The summed E-state index contributed by atoms with van der Waals surface area (Å²) in [5.41, 5.74) is 7.68. The van der Waals surface area contributed by atoms with Gasteiger partial charge in [-0.15, -0.1) is 0 Å². The lowest BCUT2D eigenvalue weighted by Crippen LogP contribution is -2.50. The third kappa shape index (κ3) is 10.4. The van der Waals surface area contributed by atoms with Gasteiger partial charge in [0.1, 0.15) is 0 Å². The molecule has 4 unspecified atom stereocenters. The predicted octanol–water partition coefficient (Wildman–Crippen LogP) is 3.00. The highest BCUT2D eigenvalue weighted by Crippen LogP contribution is 2.31. The molecule has 37 heavy (non-hydrogen) atoms. The molecular formula is C29H51N3O5. The molecule has 1 heterocycles. The Labute approximate surface area is 224 Å². The van der Waals surface area contributed by atoms with Crippen LogP contribution in [0, 0.1) is 29.6 Å². The lowest BCUT2D eigenvalue weighted by molar-refractivity contribution is -0.128. The SMILES string of the molecule is COCCCOc1cc(CC(CC(N)C(O)CC(C(=O)NCC2CNC2)C(C)C)C(C)C)ccc1OC. The van der Waals surface area contributed by atoms with Crippen LogP contribution in [0.25, 0.3) is 0 Å². The summed E-state index contributed by atoms with van der Waals surface area (Å²) in [6.45, 7) is 12.2. The fourth-order valence-electron chi connectivity index (χ4n) is 4.73. The number of methoxy groups -OCH3 is 2. The summed E-state index contributed by atoms with van der Waals surface area (Å²) in [6.07, 6.45) is 1.94. The van der Waals surface area contributed by atoms with Gasteiger partial charge in [0.15, 0.2) is 11.5 Å². The average molecular weight is 522 g/mol. The first kappa shape index (κ1) is 31.3. The zero-order valence-electron chi connectivity index (χ0n) is 23.8. The molecule has 1 aromatic rings. The molecule has 2 rings (SSSR count). The van der Waals surface area contributed by atoms with Crippen molar-refractivity contribution in [1.29, 1.82) is 0 Å². The Balaban J connectivity index is 1.98. The Hall–Kier alpha value is -1.87. The summed E-state index contributed by atoms with van der Waals surface area (Å²) in [7, 11) is 3.32. The molecule has 0 spiro atoms. The highest BCUT2D eigenvalue weighted by molar-refractivity contribution is 5.78. The van der Waals surface area contributed by atoms with Crippen molar-refractivity contribution in [3.63, 3.8) is 0 Å². The highest BCUT2D eigenvalue weighted by Gasteiger charge is 2.30. The third-order valence-corrected chi connectivity index (χ3v) is 7.56. The van der Waals surface area contributed by atoms with Crippen LogP contribution in [0.3, 0.4) is 0 Å². The van der Waals surface area contributed by atoms with Crippen molar-refractivity contribution in [3.05, 3.63) is 23.8 Å². The largest absolute Gasteiger partial charge is 0.493 e. The van der Waals surface area contributed by atoms with Gasteiger partial charge in [-0.05, 0) is 54.7 Å². The molecule has 8 heteroatoms. The molecule has 1 aliphatic heterocycles. The minimum atomic E-state index is -0.736. The molecule has 4 atom stereocenters. The summed E-state index contributed by atoms with van der Waals surface area (Å²) in [6, 6.07) is 5.65. The Morgan fingerprint density at radius 2 is 1.84 bits per heavy atom. The fraction of sp³-hybridized carbons (Fsp3) is 0.759. The normalized spacial score (nSPS) is 17.2. The van der Waals surface area contributed by atoms with Crippen LogP contribution < -0.4 is 25.8 Å². The summed E-state index contributed by atoms with van der Waals surface area (Å²) in [5, 5.41) is 17.3. The van der Waals surface area contributed by atoms with Gasteiger partial charge in [0.2, 0.25) is 5.91 Å². The van der Waals surface area contributed by atoms with E-state index in [0.717, 1.165) is 37.2 Å². The molecule has 5 N–H and O–H groups in total. The summed E-state index contributed by atoms with van der Waals surface area (Å²) in [4.78, 5) is 12.8. The van der Waals surface area contributed by atoms with E-state index in [1.807, 2.05) is 26.0 Å². The standard InChI is InChI=1S/C29H51N3O5/c1-19(2)23(12-21-8-9-27(36-6)28(13-21)37-11-7-10-35-5)14-25(30)26(33)15-24(20(3)4)29(34)32-18-22-16-31-17-22/h8-9,13,19-20,22-26,31,33H,7,10-12,14-18,30H2,1-6H3,(H,32,34). The van der Waals surface area contributed by atoms with Crippen LogP contribution in [0.1, 0.15) is 52.5 Å². The van der Waals surface area contributed by atoms with Crippen molar-refractivity contribution >= 4 is 5.91 Å². The summed E-state index contributed by atoms with van der Waals surface area (Å²) < 4.78 is 16.5. The number of ether oxygens (including phenoxy) is 3. The molecule has 0 radical (unpaired) electrons. The first-order valence-electron chi connectivity index (χ1n) is 13.9. The van der Waals surface area contributed by atoms with E-state index in [0.29, 0.717) is 50.2 Å². The number of amides is 1. The number of hydrogen-bond acceptors (Lipinski definition) is 7. The third-order valence-electron chi connectivity index (χ3n) is 7.56. The number of rotatable bonds is 18. The van der Waals surface area contributed by atoms with E-state index in [-0.39, 0.29) is 23.7 Å². The van der Waals surface area contributed by atoms with Crippen LogP contribution >= 0.6 is 0 Å². The van der Waals surface area contributed by atoms with Gasteiger partial charge in [-0.25, -0.2) is 0 Å². The van der Waals surface area contributed by atoms with Gasteiger partial charge in [-0.2, -0.15) is 0 Å². The van der Waals surface area contributed by atoms with Gasteiger partial charge >= 0.3 is 0 Å². The van der Waals surface area contributed by atoms with E-state index >= 15 is 0 Å². The van der Waals surface area contributed by atoms with Crippen LogP contribution in [0.2, 0.25) is 0 Å². The van der Waals surface area contributed by atoms with Crippen LogP contribution in [-0.2, 0) is 16.0 Å². The van der Waals surface area contributed by atoms with E-state index in [9.17, 15) is 9.90 Å². The van der Waals surface area contributed by atoms with E-state index < -0.39 is 12.1 Å². The van der Waals surface area contributed by atoms with Gasteiger partial charge in [0.05, 0.1) is 19.8 Å². The van der Waals surface area contributed by atoms with Gasteiger partial charge in [-0.1, -0.05) is 33.8 Å². The molecule has 1 fully saturated rings. The Kier molecular flexibility index (Phi) is 13.7. The second kappa shape index (κ2) is 16.2. The number of aliphatic hydroxyl groups is 1. The number of carbonyl (C=O) groups is 1. The molecule has 0 aliphatic carbocycles. The maximum atomic E-state index is 12.8. The maximum Gasteiger partial charge on any atom is 0.223 e. The molecule has 0 bridgehead atoms. The molecule has 0 saturated carbocycles. The van der Waals surface area contributed by atoms with Gasteiger partial charge < -0.3 is 35.7 Å². The van der Waals surface area contributed by atoms with Crippen molar-refractivity contribution < 1.29 is 24.1 Å². The Morgan fingerprint density at radius 3 is 2.41 bits per heavy atom. The fourth-order valence-corrected chi connectivity index (χ4v) is 4.73. The van der Waals surface area contributed by atoms with Crippen molar-refractivity contribution in [2.75, 3.05) is 47.1 Å². The first-order chi connectivity index (χ1) is 17.7. The second-order valence-electron chi connectivity index (χ2n) is 11.2. The van der Waals surface area contributed by atoms with Gasteiger partial charge in [0, 0.05) is 57.6 Å². The minimum Gasteiger partial charge on any atom is -0.493 e. The quantitative estimate of drug-likeness (QED) is 0.220. The molecular weight excluding hydrogens is 470 g/mol. The monoisotopic (exact) mass is 521 g/mol. The zero-order chi connectivity index (χ0) is 27.4. The van der Waals surface area contributed by atoms with Crippen molar-refractivity contribution in [3.8, 4) is 11.5 Å². The summed E-state index contributed by atoms with van der Waals surface area (Å²) >= 11 is 0. The van der Waals surface area contributed by atoms with Crippen LogP contribution in [0.5, 0.6) is 11.5 Å². The number of benzene rings is 1. The maximum absolute atomic E-state index is 12.8. The van der Waals surface area contributed by atoms with Crippen LogP contribution in [0.15, 0.2) is 18.2 Å². The minimum absolute atomic E-state index is 0.0184. The highest BCUT2D eigenvalue weighted by atomic mass is 16.5. The number of carbonyl (C=O) groups excluding carboxylic acids is 1. The molecule has 1 amide bonds. The number of aliphatic hydroxyl groups excluding tert-OH is 1. The van der Waals surface area contributed by atoms with Gasteiger partial charge in [-0.3, -0.25) is 4.79 Å². The number of hydrogen-bond donors (Lipinski definition) is 4. The molecule has 0 aromatic heterocycles. The molecule has 1 aromatic carbocycles. The van der Waals surface area contributed by atoms with Crippen molar-refractivity contribution in [2.24, 2.45) is 35.3 Å². The molecule has 1 aliphatic rings. The smallest absolute Gasteiger partial charge is 0.223 e. The van der Waals surface area contributed by atoms with Crippen LogP contribution in [0.4, 0.5) is 0 Å². The number of nitrogens with one attached hydrogen (secondary N) is 2. The molecule has 212 valence electrons. The van der Waals surface area contributed by atoms with E-state index in [2.05, 4.69) is 30.5 Å². The van der Waals surface area contributed by atoms with E-state index in [1.165, 1.54) is 0 Å². The predicted molar refractivity (Wildman–Crippen MR) is 148 cm³/mol. The van der Waals surface area contributed by atoms with Crippen molar-refractivity contribution in [2.45, 2.75) is 65.5 Å². The zero-order valence-corrected chi connectivity index (χ0v) is 23.8. The topological polar surface area (TPSA) is 115 Å². The number of nitrogens with two attached hydrogens (primary N) is 1.